The Kier molecular flexibility index (Phi) is 6.82. The summed E-state index contributed by atoms with van der Waals surface area (Å²) in [5.74, 6) is 5.55. The van der Waals surface area contributed by atoms with Crippen LogP contribution in [0.1, 0.15) is 140 Å². The van der Waals surface area contributed by atoms with E-state index in [9.17, 15) is 0 Å². The highest BCUT2D eigenvalue weighted by Gasteiger charge is 2.60. The van der Waals surface area contributed by atoms with Crippen LogP contribution in [0, 0.1) is 62.6 Å². The van der Waals surface area contributed by atoms with E-state index in [0.717, 1.165) is 35.5 Å². The number of allylic oxidation sites excluding steroid dienone is 2. The maximum Gasteiger partial charge on any atom is -0.00849 e. The Labute approximate surface area is 214 Å². The largest absolute Gasteiger partial charge is 0.0845 e. The summed E-state index contributed by atoms with van der Waals surface area (Å²) in [6.45, 7) is 27.9. The minimum atomic E-state index is 0.399. The highest BCUT2D eigenvalue weighted by Crippen LogP contribution is 2.69. The smallest absolute Gasteiger partial charge is 0.00849 e. The summed E-state index contributed by atoms with van der Waals surface area (Å²) >= 11 is 0. The monoisotopic (exact) mass is 468 g/mol. The van der Waals surface area contributed by atoms with Gasteiger partial charge in [-0.05, 0) is 120 Å². The van der Waals surface area contributed by atoms with Gasteiger partial charge in [-0.2, -0.15) is 0 Å². The molecule has 0 aromatic carbocycles. The van der Waals surface area contributed by atoms with E-state index >= 15 is 0 Å². The Morgan fingerprint density at radius 1 is 0.853 bits per heavy atom. The molecule has 4 aliphatic carbocycles. The number of hydrogen-bond donors (Lipinski definition) is 0. The standard InChI is InChI=1S/C34H60/c1-23(12-13-24(2)30(3,4)5)27-16-17-28-26-15-14-25-22-32(9,31(6,7)8)20-21-33(25,10)29(26)18-19-34(27,28)11/h14,23-24,26-29H,12-13,15-22H2,1-11H3/t23-,24-,26+,27-,28+,29+,32-,33+,34-/m1/s1. The van der Waals surface area contributed by atoms with E-state index in [-0.39, 0.29) is 0 Å². The van der Waals surface area contributed by atoms with E-state index in [2.05, 4.69) is 82.2 Å². The van der Waals surface area contributed by atoms with E-state index in [1.165, 1.54) is 64.2 Å². The maximum absolute atomic E-state index is 2.79. The van der Waals surface area contributed by atoms with Gasteiger partial charge >= 0.3 is 0 Å². The van der Waals surface area contributed by atoms with Gasteiger partial charge in [0.05, 0.1) is 0 Å². The molecule has 0 aliphatic heterocycles. The average Bonchev–Trinajstić information content (AvgIpc) is 3.08. The molecule has 4 rings (SSSR count). The molecule has 0 heteroatoms. The lowest BCUT2D eigenvalue weighted by molar-refractivity contribution is -0.0666. The fourth-order valence-corrected chi connectivity index (χ4v) is 9.58. The van der Waals surface area contributed by atoms with Crippen LogP contribution < -0.4 is 0 Å². The molecule has 0 saturated heterocycles. The number of fused-ring (bicyclic) bond motifs is 5. The van der Waals surface area contributed by atoms with Gasteiger partial charge in [0.15, 0.2) is 0 Å². The first-order valence-electron chi connectivity index (χ1n) is 15.2. The van der Waals surface area contributed by atoms with Crippen LogP contribution in [0.3, 0.4) is 0 Å². The van der Waals surface area contributed by atoms with Crippen LogP contribution in [-0.2, 0) is 0 Å². The predicted molar refractivity (Wildman–Crippen MR) is 150 cm³/mol. The molecular formula is C34H60. The first-order chi connectivity index (χ1) is 15.5. The van der Waals surface area contributed by atoms with Gasteiger partial charge in [0.2, 0.25) is 0 Å². The average molecular weight is 469 g/mol. The Balaban J connectivity index is 1.49. The van der Waals surface area contributed by atoms with Crippen molar-refractivity contribution in [3.05, 3.63) is 11.6 Å². The van der Waals surface area contributed by atoms with E-state index in [4.69, 9.17) is 0 Å². The van der Waals surface area contributed by atoms with Gasteiger partial charge in [-0.1, -0.05) is 94.2 Å². The van der Waals surface area contributed by atoms with Crippen molar-refractivity contribution in [3.8, 4) is 0 Å². The van der Waals surface area contributed by atoms with Crippen molar-refractivity contribution >= 4 is 0 Å². The van der Waals surface area contributed by atoms with Crippen molar-refractivity contribution in [2.75, 3.05) is 0 Å². The third kappa shape index (κ3) is 4.28. The molecule has 0 bridgehead atoms. The van der Waals surface area contributed by atoms with Gasteiger partial charge < -0.3 is 0 Å². The van der Waals surface area contributed by atoms with E-state index in [1.54, 1.807) is 0 Å². The first-order valence-corrected chi connectivity index (χ1v) is 15.2. The molecule has 0 aromatic rings. The molecule has 0 spiro atoms. The lowest BCUT2D eigenvalue weighted by Crippen LogP contribution is -2.52. The van der Waals surface area contributed by atoms with Crippen molar-refractivity contribution in [2.45, 2.75) is 140 Å². The molecule has 0 unspecified atom stereocenters. The molecule has 9 atom stereocenters. The molecule has 0 amide bonds. The van der Waals surface area contributed by atoms with Crippen LogP contribution in [0.25, 0.3) is 0 Å². The Morgan fingerprint density at radius 3 is 2.15 bits per heavy atom. The van der Waals surface area contributed by atoms with Crippen molar-refractivity contribution in [1.29, 1.82) is 0 Å². The summed E-state index contributed by atoms with van der Waals surface area (Å²) in [5, 5.41) is 0. The summed E-state index contributed by atoms with van der Waals surface area (Å²) in [5.41, 5.74) is 4.26. The minimum absolute atomic E-state index is 0.399. The van der Waals surface area contributed by atoms with E-state index < -0.39 is 0 Å². The molecule has 0 radical (unpaired) electrons. The number of hydrogen-bond acceptors (Lipinski definition) is 0. The molecule has 196 valence electrons. The first kappa shape index (κ1) is 26.8. The Morgan fingerprint density at radius 2 is 1.53 bits per heavy atom. The normalized spacial score (nSPS) is 44.5. The van der Waals surface area contributed by atoms with Crippen LogP contribution >= 0.6 is 0 Å². The van der Waals surface area contributed by atoms with Gasteiger partial charge in [0, 0.05) is 0 Å². The van der Waals surface area contributed by atoms with Crippen molar-refractivity contribution in [2.24, 2.45) is 62.6 Å². The molecule has 4 aliphatic rings. The summed E-state index contributed by atoms with van der Waals surface area (Å²) < 4.78 is 0. The Bertz CT molecular complexity index is 773. The van der Waals surface area contributed by atoms with Crippen LogP contribution in [0.15, 0.2) is 11.6 Å². The van der Waals surface area contributed by atoms with Crippen LogP contribution in [0.5, 0.6) is 0 Å². The lowest BCUT2D eigenvalue weighted by Gasteiger charge is -2.61. The Hall–Kier alpha value is -0.260. The highest BCUT2D eigenvalue weighted by molar-refractivity contribution is 5.27. The molecule has 0 aromatic heterocycles. The zero-order valence-electron chi connectivity index (χ0n) is 25.1. The lowest BCUT2D eigenvalue weighted by atomic mass is 9.44. The molecule has 3 fully saturated rings. The second-order valence-electron chi connectivity index (χ2n) is 16.8. The topological polar surface area (TPSA) is 0 Å². The quantitative estimate of drug-likeness (QED) is 0.360. The minimum Gasteiger partial charge on any atom is -0.0845 e. The molecule has 0 heterocycles. The molecule has 34 heavy (non-hydrogen) atoms. The van der Waals surface area contributed by atoms with Crippen molar-refractivity contribution in [3.63, 3.8) is 0 Å². The molecule has 3 saturated carbocycles. The predicted octanol–water partition coefficient (Wildman–Crippen LogP) is 10.7. The fraction of sp³-hybridized carbons (Fsp3) is 0.941. The zero-order valence-corrected chi connectivity index (χ0v) is 25.1. The third-order valence-electron chi connectivity index (χ3n) is 13.5. The highest BCUT2D eigenvalue weighted by atomic mass is 14.6. The second-order valence-corrected chi connectivity index (χ2v) is 16.8. The van der Waals surface area contributed by atoms with Gasteiger partial charge in [-0.25, -0.2) is 0 Å². The molecule has 0 nitrogen and oxygen atoms in total. The van der Waals surface area contributed by atoms with Crippen molar-refractivity contribution < 1.29 is 0 Å². The van der Waals surface area contributed by atoms with E-state index in [0.29, 0.717) is 27.1 Å². The molecular weight excluding hydrogens is 408 g/mol. The van der Waals surface area contributed by atoms with E-state index in [1.807, 2.05) is 5.57 Å². The summed E-state index contributed by atoms with van der Waals surface area (Å²) in [7, 11) is 0. The second kappa shape index (κ2) is 8.65. The SMILES string of the molecule is C[C@H](CC[C@@H](C)C(C)(C)C)[C@H]1CC[C@H]2[C@@H]3CC=C4C[C@](C)(C(C)(C)C)CC[C@]4(C)[C@H]3CC[C@]12C. The van der Waals surface area contributed by atoms with Gasteiger partial charge in [0.1, 0.15) is 0 Å². The fourth-order valence-electron chi connectivity index (χ4n) is 9.58. The van der Waals surface area contributed by atoms with Crippen LogP contribution in [0.2, 0.25) is 0 Å². The molecule has 0 N–H and O–H groups in total. The third-order valence-corrected chi connectivity index (χ3v) is 13.5. The van der Waals surface area contributed by atoms with Gasteiger partial charge in [-0.15, -0.1) is 0 Å². The maximum atomic E-state index is 2.79. The van der Waals surface area contributed by atoms with Gasteiger partial charge in [-0.3, -0.25) is 0 Å². The zero-order chi connectivity index (χ0) is 25.3. The van der Waals surface area contributed by atoms with Crippen LogP contribution in [-0.4, -0.2) is 0 Å². The van der Waals surface area contributed by atoms with Crippen LogP contribution in [0.4, 0.5) is 0 Å². The number of rotatable bonds is 4. The summed E-state index contributed by atoms with van der Waals surface area (Å²) in [6, 6.07) is 0. The van der Waals surface area contributed by atoms with Crippen molar-refractivity contribution in [1.82, 2.24) is 0 Å². The summed E-state index contributed by atoms with van der Waals surface area (Å²) in [6.07, 6.45) is 17.2. The van der Waals surface area contributed by atoms with Gasteiger partial charge in [0.25, 0.3) is 0 Å². The summed E-state index contributed by atoms with van der Waals surface area (Å²) in [4.78, 5) is 0.